The smallest absolute Gasteiger partial charge is 0.269 e. The highest BCUT2D eigenvalue weighted by Gasteiger charge is 2.16. The van der Waals surface area contributed by atoms with Crippen LogP contribution < -0.4 is 0 Å². The molecule has 0 saturated carbocycles. The Bertz CT molecular complexity index is 662. The molecule has 1 heterocycles. The summed E-state index contributed by atoms with van der Waals surface area (Å²) in [6.07, 6.45) is 0.874. The molecule has 0 radical (unpaired) electrons. The Balaban J connectivity index is 2.61. The minimum Gasteiger partial charge on any atom is -0.392 e. The molecular weight excluding hydrogens is 258 g/mol. The third kappa shape index (κ3) is 2.30. The van der Waals surface area contributed by atoms with Gasteiger partial charge in [-0.25, -0.2) is 4.68 Å². The average Bonchev–Trinajstić information content (AvgIpc) is 2.72. The van der Waals surface area contributed by atoms with Crippen LogP contribution in [0.4, 0.5) is 5.69 Å². The molecule has 0 saturated heterocycles. The first kappa shape index (κ1) is 14.2. The van der Waals surface area contributed by atoms with Crippen LogP contribution in [0.15, 0.2) is 18.2 Å². The zero-order chi connectivity index (χ0) is 14.9. The number of hydrogen-bond acceptors (Lipinski definition) is 4. The van der Waals surface area contributed by atoms with Crippen molar-refractivity contribution in [2.24, 2.45) is 0 Å². The quantitative estimate of drug-likeness (QED) is 0.686. The van der Waals surface area contributed by atoms with Crippen molar-refractivity contribution in [1.29, 1.82) is 0 Å². The van der Waals surface area contributed by atoms with Gasteiger partial charge in [0.2, 0.25) is 0 Å². The van der Waals surface area contributed by atoms with Crippen molar-refractivity contribution in [3.63, 3.8) is 0 Å². The number of benzene rings is 1. The molecule has 0 bridgehead atoms. The number of nitro groups is 1. The molecule has 20 heavy (non-hydrogen) atoms. The molecule has 106 valence electrons. The van der Waals surface area contributed by atoms with Crippen LogP contribution in [0.1, 0.15) is 29.4 Å². The fourth-order valence-corrected chi connectivity index (χ4v) is 2.44. The Kier molecular flexibility index (Phi) is 3.85. The summed E-state index contributed by atoms with van der Waals surface area (Å²) in [7, 11) is 0. The van der Waals surface area contributed by atoms with Gasteiger partial charge in [0, 0.05) is 23.4 Å². The second-order valence-electron chi connectivity index (χ2n) is 4.64. The minimum absolute atomic E-state index is 0.0324. The lowest BCUT2D eigenvalue weighted by Gasteiger charge is -2.09. The van der Waals surface area contributed by atoms with Crippen LogP contribution in [0.5, 0.6) is 0 Å². The van der Waals surface area contributed by atoms with Gasteiger partial charge in [0.15, 0.2) is 0 Å². The number of aromatic nitrogens is 2. The van der Waals surface area contributed by atoms with Crippen LogP contribution in [0.25, 0.3) is 5.69 Å². The van der Waals surface area contributed by atoms with Crippen LogP contribution in [0.3, 0.4) is 0 Å². The summed E-state index contributed by atoms with van der Waals surface area (Å²) < 4.78 is 1.74. The molecule has 0 unspecified atom stereocenters. The van der Waals surface area contributed by atoms with Crippen molar-refractivity contribution < 1.29 is 10.0 Å². The normalized spacial score (nSPS) is 10.8. The van der Waals surface area contributed by atoms with Crippen molar-refractivity contribution in [3.05, 3.63) is 50.8 Å². The molecule has 0 spiro atoms. The Morgan fingerprint density at radius 2 is 2.10 bits per heavy atom. The van der Waals surface area contributed by atoms with Crippen molar-refractivity contribution in [1.82, 2.24) is 9.78 Å². The lowest BCUT2D eigenvalue weighted by Crippen LogP contribution is -2.05. The molecule has 2 rings (SSSR count). The molecule has 6 nitrogen and oxygen atoms in total. The van der Waals surface area contributed by atoms with Gasteiger partial charge in [0.1, 0.15) is 0 Å². The number of aryl methyl sites for hydroxylation is 1. The largest absolute Gasteiger partial charge is 0.392 e. The third-order valence-electron chi connectivity index (χ3n) is 3.47. The number of rotatable bonds is 4. The molecule has 6 heteroatoms. The highest BCUT2D eigenvalue weighted by Crippen LogP contribution is 2.24. The summed E-state index contributed by atoms with van der Waals surface area (Å²) in [5.74, 6) is 0. The van der Waals surface area contributed by atoms with E-state index in [0.29, 0.717) is 11.3 Å². The maximum atomic E-state index is 10.8. The number of nitrogens with zero attached hydrogens (tertiary/aromatic N) is 3. The van der Waals surface area contributed by atoms with Gasteiger partial charge in [0.25, 0.3) is 5.69 Å². The summed E-state index contributed by atoms with van der Waals surface area (Å²) in [5.41, 5.74) is 4.23. The molecule has 1 N–H and O–H groups in total. The summed E-state index contributed by atoms with van der Waals surface area (Å²) in [6.45, 7) is 5.69. The topological polar surface area (TPSA) is 81.2 Å². The van der Waals surface area contributed by atoms with Gasteiger partial charge in [-0.1, -0.05) is 6.92 Å². The summed E-state index contributed by atoms with van der Waals surface area (Å²) in [5, 5.41) is 24.7. The van der Waals surface area contributed by atoms with Crippen LogP contribution >= 0.6 is 0 Å². The zero-order valence-electron chi connectivity index (χ0n) is 11.8. The maximum Gasteiger partial charge on any atom is 0.269 e. The Labute approximate surface area is 116 Å². The maximum absolute atomic E-state index is 10.8. The van der Waals surface area contributed by atoms with Gasteiger partial charge in [-0.3, -0.25) is 10.1 Å². The van der Waals surface area contributed by atoms with Crippen LogP contribution in [0, 0.1) is 24.0 Å². The minimum atomic E-state index is -0.471. The molecule has 0 amide bonds. The lowest BCUT2D eigenvalue weighted by atomic mass is 10.1. The van der Waals surface area contributed by atoms with E-state index >= 15 is 0 Å². The van der Waals surface area contributed by atoms with Crippen LogP contribution in [-0.2, 0) is 13.0 Å². The van der Waals surface area contributed by atoms with Crippen LogP contribution in [-0.4, -0.2) is 19.8 Å². The molecule has 0 atom stereocenters. The molecule has 2 aromatic rings. The molecule has 0 aliphatic rings. The summed E-state index contributed by atoms with van der Waals surface area (Å²) >= 11 is 0. The first-order valence-corrected chi connectivity index (χ1v) is 6.43. The van der Waals surface area contributed by atoms with Gasteiger partial charge < -0.3 is 5.11 Å². The van der Waals surface area contributed by atoms with Gasteiger partial charge in [0.05, 0.1) is 22.9 Å². The third-order valence-corrected chi connectivity index (χ3v) is 3.47. The lowest BCUT2D eigenvalue weighted by molar-refractivity contribution is -0.384. The fourth-order valence-electron chi connectivity index (χ4n) is 2.44. The van der Waals surface area contributed by atoms with E-state index in [9.17, 15) is 15.2 Å². The van der Waals surface area contributed by atoms with E-state index in [2.05, 4.69) is 12.0 Å². The van der Waals surface area contributed by atoms with E-state index in [1.807, 2.05) is 13.8 Å². The predicted octanol–water partition coefficient (Wildman–Crippen LogP) is 2.45. The predicted molar refractivity (Wildman–Crippen MR) is 75.0 cm³/mol. The van der Waals surface area contributed by atoms with Crippen LogP contribution in [0.2, 0.25) is 0 Å². The summed E-state index contributed by atoms with van der Waals surface area (Å²) in [4.78, 5) is 10.3. The Hall–Kier alpha value is -2.21. The van der Waals surface area contributed by atoms with Gasteiger partial charge >= 0.3 is 0 Å². The molecule has 0 fully saturated rings. The first-order valence-electron chi connectivity index (χ1n) is 6.43. The Morgan fingerprint density at radius 3 is 2.60 bits per heavy atom. The molecular formula is C14H17N3O3. The number of non-ortho nitro benzene ring substituents is 1. The van der Waals surface area contributed by atoms with Crippen molar-refractivity contribution in [2.75, 3.05) is 0 Å². The van der Waals surface area contributed by atoms with Gasteiger partial charge in [-0.05, 0) is 31.9 Å². The van der Waals surface area contributed by atoms with E-state index in [0.717, 1.165) is 23.4 Å². The van der Waals surface area contributed by atoms with E-state index in [-0.39, 0.29) is 12.3 Å². The second-order valence-corrected chi connectivity index (χ2v) is 4.64. The number of aliphatic hydroxyl groups excluding tert-OH is 1. The highest BCUT2D eigenvalue weighted by atomic mass is 16.6. The number of aliphatic hydroxyl groups is 1. The second kappa shape index (κ2) is 5.42. The molecule has 1 aromatic carbocycles. The average molecular weight is 275 g/mol. The molecule has 0 aliphatic heterocycles. The fraction of sp³-hybridized carbons (Fsp3) is 0.357. The van der Waals surface area contributed by atoms with Crippen molar-refractivity contribution in [2.45, 2.75) is 33.8 Å². The molecule has 0 aliphatic carbocycles. The van der Waals surface area contributed by atoms with E-state index in [1.165, 1.54) is 12.1 Å². The number of nitro benzene ring substituents is 1. The van der Waals surface area contributed by atoms with Gasteiger partial charge in [-0.15, -0.1) is 0 Å². The van der Waals surface area contributed by atoms with E-state index < -0.39 is 4.92 Å². The van der Waals surface area contributed by atoms with Gasteiger partial charge in [-0.2, -0.15) is 5.10 Å². The zero-order valence-corrected chi connectivity index (χ0v) is 11.8. The molecule has 1 aromatic heterocycles. The SMILES string of the molecule is CCc1c(C)nn(-c2ccc([N+](=O)[O-])cc2CO)c1C. The summed E-state index contributed by atoms with van der Waals surface area (Å²) in [6, 6.07) is 4.44. The van der Waals surface area contributed by atoms with Crippen molar-refractivity contribution in [3.8, 4) is 5.69 Å². The van der Waals surface area contributed by atoms with E-state index in [4.69, 9.17) is 0 Å². The number of hydrogen-bond donors (Lipinski definition) is 1. The first-order chi connectivity index (χ1) is 9.49. The standard InChI is InChI=1S/C14H17N3O3/c1-4-13-9(2)15-16(10(13)3)14-6-5-12(17(19)20)7-11(14)8-18/h5-7,18H,4,8H2,1-3H3. The Morgan fingerprint density at radius 1 is 1.40 bits per heavy atom. The monoisotopic (exact) mass is 275 g/mol. The van der Waals surface area contributed by atoms with E-state index in [1.54, 1.807) is 10.7 Å². The highest BCUT2D eigenvalue weighted by molar-refractivity contribution is 5.49. The van der Waals surface area contributed by atoms with Crippen molar-refractivity contribution >= 4 is 5.69 Å².